The van der Waals surface area contributed by atoms with Gasteiger partial charge in [0.25, 0.3) is 0 Å². The number of anilines is 1. The van der Waals surface area contributed by atoms with Gasteiger partial charge in [-0.1, -0.05) is 56.3 Å². The summed E-state index contributed by atoms with van der Waals surface area (Å²) in [7, 11) is 0. The summed E-state index contributed by atoms with van der Waals surface area (Å²) in [6.45, 7) is 5.43. The maximum atomic E-state index is 12.7. The molecular weight excluding hydrogens is 324 g/mol. The Labute approximate surface area is 155 Å². The van der Waals surface area contributed by atoms with Crippen LogP contribution in [0.3, 0.4) is 0 Å². The lowest BCUT2D eigenvalue weighted by Crippen LogP contribution is -2.37. The fourth-order valence-corrected chi connectivity index (χ4v) is 3.32. The van der Waals surface area contributed by atoms with Gasteiger partial charge in [-0.05, 0) is 42.0 Å². The van der Waals surface area contributed by atoms with Gasteiger partial charge in [0.05, 0.1) is 0 Å². The van der Waals surface area contributed by atoms with Crippen molar-refractivity contribution in [1.29, 1.82) is 0 Å². The number of nitrogens with zero attached hydrogens (tertiary/aromatic N) is 1. The van der Waals surface area contributed by atoms with Crippen molar-refractivity contribution in [2.24, 2.45) is 5.92 Å². The first kappa shape index (κ1) is 18.2. The largest absolute Gasteiger partial charge is 0.355 e. The number of hydrogen-bond donors (Lipinski definition) is 1. The zero-order valence-corrected chi connectivity index (χ0v) is 15.4. The first-order chi connectivity index (χ1) is 12.6. The van der Waals surface area contributed by atoms with E-state index in [0.29, 0.717) is 25.4 Å². The lowest BCUT2D eigenvalue weighted by molar-refractivity contribution is -0.132. The highest BCUT2D eigenvalue weighted by Gasteiger charge is 2.37. The van der Waals surface area contributed by atoms with E-state index < -0.39 is 5.92 Å². The highest BCUT2D eigenvalue weighted by molar-refractivity contribution is 6.09. The molecule has 1 aliphatic rings. The fraction of sp³-hybridized carbons (Fsp3) is 0.364. The number of rotatable bonds is 6. The molecule has 1 N–H and O–H groups in total. The second kappa shape index (κ2) is 8.17. The smallest absolute Gasteiger partial charge is 0.239 e. The summed E-state index contributed by atoms with van der Waals surface area (Å²) in [4.78, 5) is 26.8. The number of hydrogen-bond acceptors (Lipinski definition) is 2. The van der Waals surface area contributed by atoms with Gasteiger partial charge in [0.15, 0.2) is 0 Å². The van der Waals surface area contributed by atoms with Crippen molar-refractivity contribution >= 4 is 17.5 Å². The Balaban J connectivity index is 1.55. The molecule has 0 bridgehead atoms. The highest BCUT2D eigenvalue weighted by atomic mass is 16.2. The van der Waals surface area contributed by atoms with Crippen LogP contribution in [0.15, 0.2) is 54.6 Å². The van der Waals surface area contributed by atoms with Crippen LogP contribution in [0.2, 0.25) is 0 Å². The van der Waals surface area contributed by atoms with Crippen molar-refractivity contribution in [3.8, 4) is 0 Å². The van der Waals surface area contributed by atoms with Crippen molar-refractivity contribution in [2.45, 2.75) is 32.6 Å². The van der Waals surface area contributed by atoms with Crippen LogP contribution in [0.4, 0.5) is 5.69 Å². The molecule has 4 heteroatoms. The second-order valence-electron chi connectivity index (χ2n) is 7.10. The average Bonchev–Trinajstić information content (AvgIpc) is 3.04. The Morgan fingerprint density at radius 1 is 1.12 bits per heavy atom. The monoisotopic (exact) mass is 350 g/mol. The molecule has 2 amide bonds. The van der Waals surface area contributed by atoms with Crippen molar-refractivity contribution in [1.82, 2.24) is 5.32 Å². The summed E-state index contributed by atoms with van der Waals surface area (Å²) in [6.07, 6.45) is 1.34. The zero-order valence-electron chi connectivity index (χ0n) is 15.4. The topological polar surface area (TPSA) is 49.4 Å². The van der Waals surface area contributed by atoms with E-state index >= 15 is 0 Å². The van der Waals surface area contributed by atoms with Gasteiger partial charge in [0.1, 0.15) is 5.92 Å². The van der Waals surface area contributed by atoms with Crippen LogP contribution in [0, 0.1) is 5.92 Å². The van der Waals surface area contributed by atoms with Gasteiger partial charge in [-0.25, -0.2) is 0 Å². The fourth-order valence-electron chi connectivity index (χ4n) is 3.32. The molecule has 1 heterocycles. The minimum absolute atomic E-state index is 0.0977. The maximum absolute atomic E-state index is 12.7. The predicted molar refractivity (Wildman–Crippen MR) is 104 cm³/mol. The van der Waals surface area contributed by atoms with Gasteiger partial charge in [-0.2, -0.15) is 0 Å². The average molecular weight is 350 g/mol. The van der Waals surface area contributed by atoms with E-state index in [-0.39, 0.29) is 11.8 Å². The second-order valence-corrected chi connectivity index (χ2v) is 7.10. The molecule has 136 valence electrons. The summed E-state index contributed by atoms with van der Waals surface area (Å²) in [5, 5.41) is 2.91. The molecule has 1 atom stereocenters. The van der Waals surface area contributed by atoms with Gasteiger partial charge in [0, 0.05) is 18.8 Å². The van der Waals surface area contributed by atoms with Crippen molar-refractivity contribution < 1.29 is 9.59 Å². The van der Waals surface area contributed by atoms with Crippen molar-refractivity contribution in [3.05, 3.63) is 65.7 Å². The molecule has 26 heavy (non-hydrogen) atoms. The minimum atomic E-state index is -0.574. The van der Waals surface area contributed by atoms with Gasteiger partial charge in [0.2, 0.25) is 11.8 Å². The lowest BCUT2D eigenvalue weighted by Gasteiger charge is -2.18. The number of amides is 2. The van der Waals surface area contributed by atoms with Crippen LogP contribution in [0.5, 0.6) is 0 Å². The quantitative estimate of drug-likeness (QED) is 0.811. The van der Waals surface area contributed by atoms with Crippen molar-refractivity contribution in [3.63, 3.8) is 0 Å². The van der Waals surface area contributed by atoms with E-state index in [4.69, 9.17) is 0 Å². The molecule has 2 aromatic rings. The molecule has 0 aliphatic carbocycles. The molecule has 0 radical (unpaired) electrons. The van der Waals surface area contributed by atoms with Crippen LogP contribution in [-0.2, 0) is 16.0 Å². The molecular formula is C22H26N2O2. The molecule has 1 fully saturated rings. The Morgan fingerprint density at radius 2 is 1.81 bits per heavy atom. The Kier molecular flexibility index (Phi) is 5.71. The van der Waals surface area contributed by atoms with Crippen LogP contribution in [-0.4, -0.2) is 24.9 Å². The molecule has 3 rings (SSSR count). The molecule has 0 aromatic heterocycles. The van der Waals surface area contributed by atoms with E-state index in [0.717, 1.165) is 12.1 Å². The van der Waals surface area contributed by atoms with Gasteiger partial charge < -0.3 is 10.2 Å². The van der Waals surface area contributed by atoms with E-state index in [1.807, 2.05) is 42.5 Å². The molecule has 4 nitrogen and oxygen atoms in total. The number of carbonyl (C=O) groups excluding carboxylic acids is 2. The first-order valence-corrected chi connectivity index (χ1v) is 9.29. The number of nitrogens with one attached hydrogen (secondary N) is 1. The lowest BCUT2D eigenvalue weighted by atomic mass is 10.0. The van der Waals surface area contributed by atoms with Crippen molar-refractivity contribution in [2.75, 3.05) is 18.0 Å². The third-order valence-electron chi connectivity index (χ3n) is 4.95. The van der Waals surface area contributed by atoms with Crippen LogP contribution in [0.1, 0.15) is 37.3 Å². The summed E-state index contributed by atoms with van der Waals surface area (Å²) >= 11 is 0. The Bertz CT molecular complexity index is 753. The summed E-state index contributed by atoms with van der Waals surface area (Å²) in [6, 6.07) is 18.1. The normalized spacial score (nSPS) is 17.0. The first-order valence-electron chi connectivity index (χ1n) is 9.29. The predicted octanol–water partition coefficient (Wildman–Crippen LogP) is 3.52. The molecule has 0 unspecified atom stereocenters. The molecule has 1 aliphatic heterocycles. The van der Waals surface area contributed by atoms with E-state index in [9.17, 15) is 9.59 Å². The Hall–Kier alpha value is -2.62. The molecule has 2 aromatic carbocycles. The van der Waals surface area contributed by atoms with Gasteiger partial charge in [-0.15, -0.1) is 0 Å². The van der Waals surface area contributed by atoms with E-state index in [1.54, 1.807) is 4.90 Å². The van der Waals surface area contributed by atoms with Crippen LogP contribution in [0.25, 0.3) is 0 Å². The summed E-state index contributed by atoms with van der Waals surface area (Å²) < 4.78 is 0. The molecule has 0 saturated carbocycles. The molecule has 1 saturated heterocycles. The summed E-state index contributed by atoms with van der Waals surface area (Å²) in [5.74, 6) is -0.372. The third-order valence-corrected chi connectivity index (χ3v) is 4.95. The third kappa shape index (κ3) is 4.13. The minimum Gasteiger partial charge on any atom is -0.355 e. The molecule has 0 spiro atoms. The SMILES string of the molecule is CC(C)c1ccc(N2CC[C@H](C(=O)NCCc3ccccc3)C2=O)cc1. The van der Waals surface area contributed by atoms with E-state index in [1.165, 1.54) is 11.1 Å². The van der Waals surface area contributed by atoms with Crippen LogP contribution >= 0.6 is 0 Å². The number of benzene rings is 2. The number of carbonyl (C=O) groups is 2. The standard InChI is InChI=1S/C22H26N2O2/c1-16(2)18-8-10-19(11-9-18)24-15-13-20(22(24)26)21(25)23-14-12-17-6-4-3-5-7-17/h3-11,16,20H,12-15H2,1-2H3,(H,23,25)/t20-/m1/s1. The maximum Gasteiger partial charge on any atom is 0.239 e. The van der Waals surface area contributed by atoms with Gasteiger partial charge in [-0.3, -0.25) is 9.59 Å². The van der Waals surface area contributed by atoms with Crippen LogP contribution < -0.4 is 10.2 Å². The van der Waals surface area contributed by atoms with E-state index in [2.05, 4.69) is 31.3 Å². The zero-order chi connectivity index (χ0) is 18.5. The summed E-state index contributed by atoms with van der Waals surface area (Å²) in [5.41, 5.74) is 3.30. The highest BCUT2D eigenvalue weighted by Crippen LogP contribution is 2.27. The Morgan fingerprint density at radius 3 is 2.46 bits per heavy atom. The van der Waals surface area contributed by atoms with Gasteiger partial charge >= 0.3 is 0 Å².